The molecule has 3 N–H and O–H groups in total. The van der Waals surface area contributed by atoms with Crippen LogP contribution in [0.4, 0.5) is 0 Å². The maximum Gasteiger partial charge on any atom is 0.119 e. The highest BCUT2D eigenvalue weighted by Gasteiger charge is 2.48. The molecule has 4 nitrogen and oxygen atoms in total. The Labute approximate surface area is 84.5 Å². The highest BCUT2D eigenvalue weighted by atomic mass is 16.5. The fraction of sp³-hybridized carbons (Fsp3) is 1.00. The van der Waals surface area contributed by atoms with Crippen LogP contribution >= 0.6 is 0 Å². The van der Waals surface area contributed by atoms with Crippen LogP contribution in [-0.2, 0) is 4.74 Å². The van der Waals surface area contributed by atoms with E-state index in [1.54, 1.807) is 6.92 Å². The minimum absolute atomic E-state index is 0.0940. The van der Waals surface area contributed by atoms with E-state index in [2.05, 4.69) is 0 Å². The molecule has 4 heteroatoms. The zero-order valence-corrected chi connectivity index (χ0v) is 8.81. The molecule has 2 unspecified atom stereocenters. The molecule has 0 aromatic carbocycles. The minimum atomic E-state index is -1.30. The summed E-state index contributed by atoms with van der Waals surface area (Å²) in [7, 11) is 0. The first-order chi connectivity index (χ1) is 6.52. The number of hydrogen-bond donors (Lipinski definition) is 3. The van der Waals surface area contributed by atoms with Gasteiger partial charge in [-0.3, -0.25) is 0 Å². The molecule has 0 aromatic rings. The number of aliphatic hydroxyl groups excluding tert-OH is 2. The third-order valence-corrected chi connectivity index (χ3v) is 3.03. The van der Waals surface area contributed by atoms with Gasteiger partial charge in [-0.1, -0.05) is 19.8 Å². The predicted molar refractivity (Wildman–Crippen MR) is 51.9 cm³/mol. The van der Waals surface area contributed by atoms with E-state index in [0.717, 1.165) is 12.8 Å². The first kappa shape index (κ1) is 11.9. The van der Waals surface area contributed by atoms with Crippen molar-refractivity contribution in [3.8, 4) is 0 Å². The molecule has 0 radical (unpaired) electrons. The number of rotatable bonds is 3. The third kappa shape index (κ3) is 2.08. The lowest BCUT2D eigenvalue weighted by Crippen LogP contribution is -2.61. The molecule has 4 atom stereocenters. The van der Waals surface area contributed by atoms with Gasteiger partial charge < -0.3 is 20.1 Å². The maximum absolute atomic E-state index is 10.2. The average molecular weight is 204 g/mol. The standard InChI is InChI=1S/C10H20O4/c1-3-4-5-10(13)7(2)14-6-8(11)9(10)12/h7-9,11-13H,3-6H2,1-2H3/t7?,8?,9-,10-/m1/s1. The Bertz CT molecular complexity index is 185. The third-order valence-electron chi connectivity index (χ3n) is 3.03. The average Bonchev–Trinajstić information content (AvgIpc) is 2.18. The molecule has 0 aromatic heterocycles. The van der Waals surface area contributed by atoms with Crippen LogP contribution in [0.15, 0.2) is 0 Å². The van der Waals surface area contributed by atoms with Gasteiger partial charge in [0.15, 0.2) is 0 Å². The Morgan fingerprint density at radius 1 is 1.43 bits per heavy atom. The van der Waals surface area contributed by atoms with Gasteiger partial charge in [0, 0.05) is 0 Å². The summed E-state index contributed by atoms with van der Waals surface area (Å²) in [6.45, 7) is 3.84. The van der Waals surface area contributed by atoms with Gasteiger partial charge in [0.1, 0.15) is 17.8 Å². The fourth-order valence-electron chi connectivity index (χ4n) is 1.86. The SMILES string of the molecule is CCCC[C@@]1(O)C(C)OCC(O)[C@H]1O. The van der Waals surface area contributed by atoms with E-state index in [1.165, 1.54) is 0 Å². The lowest BCUT2D eigenvalue weighted by Gasteiger charge is -2.44. The van der Waals surface area contributed by atoms with Crippen LogP contribution in [0.2, 0.25) is 0 Å². The Morgan fingerprint density at radius 3 is 2.64 bits per heavy atom. The molecule has 84 valence electrons. The molecule has 0 bridgehead atoms. The quantitative estimate of drug-likeness (QED) is 0.607. The summed E-state index contributed by atoms with van der Waals surface area (Å²) in [6.07, 6.45) is -0.285. The van der Waals surface area contributed by atoms with Crippen LogP contribution in [0, 0.1) is 0 Å². The second-order valence-corrected chi connectivity index (χ2v) is 4.08. The summed E-state index contributed by atoms with van der Waals surface area (Å²) in [4.78, 5) is 0. The van der Waals surface area contributed by atoms with Crippen LogP contribution in [0.5, 0.6) is 0 Å². The molecule has 1 saturated heterocycles. The Kier molecular flexibility index (Phi) is 3.89. The van der Waals surface area contributed by atoms with Gasteiger partial charge in [0.2, 0.25) is 0 Å². The van der Waals surface area contributed by atoms with Crippen molar-refractivity contribution >= 4 is 0 Å². The summed E-state index contributed by atoms with van der Waals surface area (Å²) >= 11 is 0. The van der Waals surface area contributed by atoms with Gasteiger partial charge >= 0.3 is 0 Å². The zero-order chi connectivity index (χ0) is 10.8. The van der Waals surface area contributed by atoms with Crippen LogP contribution in [0.25, 0.3) is 0 Å². The monoisotopic (exact) mass is 204 g/mol. The molecule has 1 heterocycles. The molecule has 0 aliphatic carbocycles. The topological polar surface area (TPSA) is 69.9 Å². The van der Waals surface area contributed by atoms with Crippen LogP contribution in [-0.4, -0.2) is 45.8 Å². The highest BCUT2D eigenvalue weighted by molar-refractivity contribution is 4.98. The molecule has 1 rings (SSSR count). The van der Waals surface area contributed by atoms with E-state index in [-0.39, 0.29) is 6.61 Å². The Morgan fingerprint density at radius 2 is 2.07 bits per heavy atom. The zero-order valence-electron chi connectivity index (χ0n) is 8.81. The van der Waals surface area contributed by atoms with Crippen molar-refractivity contribution in [1.82, 2.24) is 0 Å². The van der Waals surface area contributed by atoms with Crippen LogP contribution < -0.4 is 0 Å². The molecule has 1 aliphatic rings. The summed E-state index contributed by atoms with van der Waals surface area (Å²) in [5, 5.41) is 29.3. The molecule has 1 aliphatic heterocycles. The molecule has 0 saturated carbocycles. The van der Waals surface area contributed by atoms with E-state index in [9.17, 15) is 15.3 Å². The van der Waals surface area contributed by atoms with Gasteiger partial charge in [-0.25, -0.2) is 0 Å². The van der Waals surface area contributed by atoms with Gasteiger partial charge in [-0.05, 0) is 13.3 Å². The van der Waals surface area contributed by atoms with Gasteiger partial charge in [0.25, 0.3) is 0 Å². The largest absolute Gasteiger partial charge is 0.388 e. The van der Waals surface area contributed by atoms with E-state index < -0.39 is 23.9 Å². The van der Waals surface area contributed by atoms with Crippen molar-refractivity contribution in [3.05, 3.63) is 0 Å². The molecular weight excluding hydrogens is 184 g/mol. The van der Waals surface area contributed by atoms with Crippen LogP contribution in [0.3, 0.4) is 0 Å². The van der Waals surface area contributed by atoms with Crippen molar-refractivity contribution in [3.63, 3.8) is 0 Å². The lowest BCUT2D eigenvalue weighted by atomic mass is 9.81. The van der Waals surface area contributed by atoms with Crippen molar-refractivity contribution in [2.45, 2.75) is 57.0 Å². The lowest BCUT2D eigenvalue weighted by molar-refractivity contribution is -0.240. The van der Waals surface area contributed by atoms with Gasteiger partial charge in [0.05, 0.1) is 12.7 Å². The van der Waals surface area contributed by atoms with Crippen molar-refractivity contribution in [2.24, 2.45) is 0 Å². The fourth-order valence-corrected chi connectivity index (χ4v) is 1.86. The molecule has 14 heavy (non-hydrogen) atoms. The summed E-state index contributed by atoms with van der Waals surface area (Å²) < 4.78 is 5.21. The number of hydrogen-bond acceptors (Lipinski definition) is 4. The molecule has 1 fully saturated rings. The second-order valence-electron chi connectivity index (χ2n) is 4.08. The number of aliphatic hydroxyl groups is 3. The predicted octanol–water partition coefficient (Wildman–Crippen LogP) is 0.0482. The maximum atomic E-state index is 10.2. The first-order valence-electron chi connectivity index (χ1n) is 5.22. The van der Waals surface area contributed by atoms with E-state index in [1.807, 2.05) is 6.92 Å². The molecule has 0 amide bonds. The van der Waals surface area contributed by atoms with Crippen molar-refractivity contribution in [1.29, 1.82) is 0 Å². The number of ether oxygens (including phenoxy) is 1. The summed E-state index contributed by atoms with van der Waals surface area (Å²) in [5.41, 5.74) is -1.30. The van der Waals surface area contributed by atoms with E-state index >= 15 is 0 Å². The smallest absolute Gasteiger partial charge is 0.119 e. The molecule has 0 spiro atoms. The van der Waals surface area contributed by atoms with E-state index in [0.29, 0.717) is 6.42 Å². The normalized spacial score (nSPS) is 43.9. The molecular formula is C10H20O4. The second kappa shape index (κ2) is 4.57. The Hall–Kier alpha value is -0.160. The van der Waals surface area contributed by atoms with Gasteiger partial charge in [-0.2, -0.15) is 0 Å². The first-order valence-corrected chi connectivity index (χ1v) is 5.22. The van der Waals surface area contributed by atoms with Crippen molar-refractivity contribution < 1.29 is 20.1 Å². The minimum Gasteiger partial charge on any atom is -0.388 e. The Balaban J connectivity index is 2.68. The van der Waals surface area contributed by atoms with Crippen molar-refractivity contribution in [2.75, 3.05) is 6.61 Å². The summed E-state index contributed by atoms with van der Waals surface area (Å²) in [5.74, 6) is 0. The van der Waals surface area contributed by atoms with Gasteiger partial charge in [-0.15, -0.1) is 0 Å². The number of unbranched alkanes of at least 4 members (excludes halogenated alkanes) is 1. The summed E-state index contributed by atoms with van der Waals surface area (Å²) in [6, 6.07) is 0. The van der Waals surface area contributed by atoms with E-state index in [4.69, 9.17) is 4.74 Å². The highest BCUT2D eigenvalue weighted by Crippen LogP contribution is 2.30. The van der Waals surface area contributed by atoms with Crippen LogP contribution in [0.1, 0.15) is 33.1 Å².